The van der Waals surface area contributed by atoms with Crippen LogP contribution in [0.15, 0.2) is 48.8 Å². The lowest BCUT2D eigenvalue weighted by Gasteiger charge is -2.20. The van der Waals surface area contributed by atoms with Gasteiger partial charge in [0.2, 0.25) is 0 Å². The van der Waals surface area contributed by atoms with Gasteiger partial charge >= 0.3 is 0 Å². The van der Waals surface area contributed by atoms with Crippen molar-refractivity contribution >= 4 is 0 Å². The number of ether oxygens (including phenoxy) is 2. The van der Waals surface area contributed by atoms with Gasteiger partial charge < -0.3 is 19.1 Å². The molecule has 0 saturated carbocycles. The van der Waals surface area contributed by atoms with Gasteiger partial charge in [-0.15, -0.1) is 0 Å². The van der Waals surface area contributed by atoms with E-state index in [4.69, 9.17) is 9.47 Å². The first-order valence-corrected chi connectivity index (χ1v) is 11.2. The van der Waals surface area contributed by atoms with Gasteiger partial charge in [-0.05, 0) is 68.1 Å². The first-order valence-electron chi connectivity index (χ1n) is 11.2. The second-order valence-electron chi connectivity index (χ2n) is 8.78. The molecule has 1 fully saturated rings. The van der Waals surface area contributed by atoms with E-state index in [0.717, 1.165) is 36.0 Å². The lowest BCUT2D eigenvalue weighted by molar-refractivity contribution is 0.0731. The SMILES string of the molecule is Cc1cc(C)c(C)c(O[C@H]2CN(Cc3ccc(OCCn4ccnc4C)cc3)C[C@@H]2O)c1. The Morgan fingerprint density at radius 1 is 1.06 bits per heavy atom. The number of aliphatic hydroxyl groups is 1. The third-order valence-electron chi connectivity index (χ3n) is 6.21. The number of β-amino-alcohol motifs (C(OH)–C–C–N with tert-alkyl or cyclic N) is 1. The van der Waals surface area contributed by atoms with Gasteiger partial charge in [0.05, 0.1) is 6.54 Å². The van der Waals surface area contributed by atoms with Crippen LogP contribution in [-0.2, 0) is 13.1 Å². The largest absolute Gasteiger partial charge is 0.492 e. The molecule has 0 aliphatic carbocycles. The zero-order chi connectivity index (χ0) is 22.7. The summed E-state index contributed by atoms with van der Waals surface area (Å²) in [6.07, 6.45) is 3.05. The summed E-state index contributed by atoms with van der Waals surface area (Å²) in [7, 11) is 0. The Balaban J connectivity index is 1.28. The summed E-state index contributed by atoms with van der Waals surface area (Å²) in [5.74, 6) is 2.73. The van der Waals surface area contributed by atoms with E-state index in [1.165, 1.54) is 16.7 Å². The molecule has 0 radical (unpaired) electrons. The topological polar surface area (TPSA) is 59.8 Å². The van der Waals surface area contributed by atoms with Crippen LogP contribution in [0.4, 0.5) is 0 Å². The summed E-state index contributed by atoms with van der Waals surface area (Å²) in [5.41, 5.74) is 4.72. The Morgan fingerprint density at radius 3 is 2.56 bits per heavy atom. The van der Waals surface area contributed by atoms with Gasteiger partial charge in [-0.2, -0.15) is 0 Å². The Bertz CT molecular complexity index is 1040. The molecule has 0 spiro atoms. The number of aliphatic hydroxyl groups excluding tert-OH is 1. The number of benzene rings is 2. The highest BCUT2D eigenvalue weighted by Gasteiger charge is 2.33. The van der Waals surface area contributed by atoms with Crippen LogP contribution in [0.2, 0.25) is 0 Å². The van der Waals surface area contributed by atoms with Gasteiger partial charge in [0.15, 0.2) is 0 Å². The average Bonchev–Trinajstić information content (AvgIpc) is 3.32. The van der Waals surface area contributed by atoms with Gasteiger partial charge in [-0.25, -0.2) is 4.98 Å². The fourth-order valence-electron chi connectivity index (χ4n) is 4.22. The van der Waals surface area contributed by atoms with Gasteiger partial charge in [0, 0.05) is 32.0 Å². The second kappa shape index (κ2) is 9.76. The summed E-state index contributed by atoms with van der Waals surface area (Å²) in [5, 5.41) is 10.6. The number of aromatic nitrogens is 2. The molecule has 0 unspecified atom stereocenters. The Kier molecular flexibility index (Phi) is 6.82. The third-order valence-corrected chi connectivity index (χ3v) is 6.21. The lowest BCUT2D eigenvalue weighted by atomic mass is 10.1. The van der Waals surface area contributed by atoms with E-state index in [1.807, 2.05) is 25.3 Å². The molecule has 0 amide bonds. The molecule has 170 valence electrons. The minimum Gasteiger partial charge on any atom is -0.492 e. The van der Waals surface area contributed by atoms with Crippen molar-refractivity contribution in [2.24, 2.45) is 0 Å². The monoisotopic (exact) mass is 435 g/mol. The average molecular weight is 436 g/mol. The summed E-state index contributed by atoms with van der Waals surface area (Å²) in [6.45, 7) is 11.7. The van der Waals surface area contributed by atoms with Crippen molar-refractivity contribution < 1.29 is 14.6 Å². The normalized spacial score (nSPS) is 18.8. The van der Waals surface area contributed by atoms with Crippen molar-refractivity contribution in [3.63, 3.8) is 0 Å². The van der Waals surface area contributed by atoms with Crippen molar-refractivity contribution in [3.8, 4) is 11.5 Å². The van der Waals surface area contributed by atoms with Crippen molar-refractivity contribution in [2.75, 3.05) is 19.7 Å². The molecule has 1 saturated heterocycles. The number of likely N-dealkylation sites (tertiary alicyclic amines) is 1. The Labute approximate surface area is 190 Å². The summed E-state index contributed by atoms with van der Waals surface area (Å²) in [6, 6.07) is 12.4. The molecule has 2 heterocycles. The van der Waals surface area contributed by atoms with Crippen LogP contribution >= 0.6 is 0 Å². The van der Waals surface area contributed by atoms with Crippen LogP contribution in [0.25, 0.3) is 0 Å². The zero-order valence-electron chi connectivity index (χ0n) is 19.4. The zero-order valence-corrected chi connectivity index (χ0v) is 19.4. The Hall–Kier alpha value is -2.83. The predicted molar refractivity (Wildman–Crippen MR) is 125 cm³/mol. The van der Waals surface area contributed by atoms with E-state index in [2.05, 4.69) is 59.5 Å². The molecule has 0 bridgehead atoms. The Morgan fingerprint density at radius 2 is 1.84 bits per heavy atom. The van der Waals surface area contributed by atoms with E-state index in [1.54, 1.807) is 6.20 Å². The van der Waals surface area contributed by atoms with Crippen molar-refractivity contribution in [2.45, 2.75) is 53.0 Å². The fraction of sp³-hybridized carbons (Fsp3) is 0.423. The molecule has 6 heteroatoms. The van der Waals surface area contributed by atoms with Gasteiger partial charge in [0.25, 0.3) is 0 Å². The van der Waals surface area contributed by atoms with Crippen LogP contribution in [0.1, 0.15) is 28.1 Å². The molecule has 1 N–H and O–H groups in total. The maximum atomic E-state index is 10.6. The summed E-state index contributed by atoms with van der Waals surface area (Å²) in [4.78, 5) is 6.47. The van der Waals surface area contributed by atoms with Crippen LogP contribution in [-0.4, -0.2) is 51.5 Å². The smallest absolute Gasteiger partial charge is 0.138 e. The van der Waals surface area contributed by atoms with Gasteiger partial charge in [-0.1, -0.05) is 18.2 Å². The van der Waals surface area contributed by atoms with Crippen LogP contribution < -0.4 is 9.47 Å². The van der Waals surface area contributed by atoms with Crippen LogP contribution in [0.5, 0.6) is 11.5 Å². The quantitative estimate of drug-likeness (QED) is 0.583. The minimum atomic E-state index is -0.496. The molecular formula is C26H33N3O3. The number of imidazole rings is 1. The number of hydrogen-bond acceptors (Lipinski definition) is 5. The van der Waals surface area contributed by atoms with E-state index < -0.39 is 6.10 Å². The maximum Gasteiger partial charge on any atom is 0.138 e. The lowest BCUT2D eigenvalue weighted by Crippen LogP contribution is -2.30. The van der Waals surface area contributed by atoms with E-state index in [0.29, 0.717) is 19.7 Å². The van der Waals surface area contributed by atoms with E-state index in [-0.39, 0.29) is 6.10 Å². The highest BCUT2D eigenvalue weighted by Crippen LogP contribution is 2.27. The molecule has 6 nitrogen and oxygen atoms in total. The van der Waals surface area contributed by atoms with Crippen LogP contribution in [0.3, 0.4) is 0 Å². The molecule has 3 aromatic rings. The molecule has 1 aromatic heterocycles. The minimum absolute atomic E-state index is 0.218. The van der Waals surface area contributed by atoms with E-state index >= 15 is 0 Å². The molecule has 1 aliphatic rings. The number of hydrogen-bond donors (Lipinski definition) is 1. The van der Waals surface area contributed by atoms with Crippen molar-refractivity contribution in [3.05, 3.63) is 76.9 Å². The van der Waals surface area contributed by atoms with Gasteiger partial charge in [0.1, 0.15) is 36.1 Å². The molecule has 1 aliphatic heterocycles. The number of nitrogens with zero attached hydrogens (tertiary/aromatic N) is 3. The molecule has 32 heavy (non-hydrogen) atoms. The third kappa shape index (κ3) is 5.31. The van der Waals surface area contributed by atoms with Crippen molar-refractivity contribution in [1.82, 2.24) is 14.5 Å². The molecule has 2 atom stereocenters. The van der Waals surface area contributed by atoms with Gasteiger partial charge in [-0.3, -0.25) is 4.90 Å². The first kappa shape index (κ1) is 22.4. The van der Waals surface area contributed by atoms with E-state index in [9.17, 15) is 5.11 Å². The highest BCUT2D eigenvalue weighted by atomic mass is 16.5. The molecule has 4 rings (SSSR count). The fourth-order valence-corrected chi connectivity index (χ4v) is 4.22. The summed E-state index contributed by atoms with van der Waals surface area (Å²) >= 11 is 0. The second-order valence-corrected chi connectivity index (χ2v) is 8.78. The molecule has 2 aromatic carbocycles. The highest BCUT2D eigenvalue weighted by molar-refractivity contribution is 5.42. The number of aryl methyl sites for hydroxylation is 3. The standard InChI is InChI=1S/C26H33N3O3/c1-18-13-19(2)20(3)25(14-18)32-26-17-28(16-24(26)30)15-22-5-7-23(8-6-22)31-12-11-29-10-9-27-21(29)4/h5-10,13-14,24,26,30H,11-12,15-17H2,1-4H3/t24-,26-/m0/s1. The predicted octanol–water partition coefficient (Wildman–Crippen LogP) is 3.82. The number of rotatable bonds is 8. The first-order chi connectivity index (χ1) is 15.4. The van der Waals surface area contributed by atoms with Crippen molar-refractivity contribution in [1.29, 1.82) is 0 Å². The maximum absolute atomic E-state index is 10.6. The summed E-state index contributed by atoms with van der Waals surface area (Å²) < 4.78 is 14.2. The van der Waals surface area contributed by atoms with Crippen LogP contribution in [0, 0.1) is 27.7 Å². The molecular weight excluding hydrogens is 402 g/mol.